The Kier molecular flexibility index (Phi) is 4.54. The van der Waals surface area contributed by atoms with Gasteiger partial charge >= 0.3 is 0 Å². The molecule has 0 radical (unpaired) electrons. The van der Waals surface area contributed by atoms with E-state index in [0.717, 1.165) is 32.1 Å². The van der Waals surface area contributed by atoms with Crippen LogP contribution in [0.3, 0.4) is 0 Å². The molecule has 0 aliphatic heterocycles. The van der Waals surface area contributed by atoms with Gasteiger partial charge < -0.3 is 16.2 Å². The van der Waals surface area contributed by atoms with E-state index in [9.17, 15) is 4.79 Å². The minimum absolute atomic E-state index is 0.0276. The van der Waals surface area contributed by atoms with Crippen LogP contribution in [0.15, 0.2) is 0 Å². The Morgan fingerprint density at radius 1 is 1.60 bits per heavy atom. The molecule has 1 rings (SSSR count). The summed E-state index contributed by atoms with van der Waals surface area (Å²) in [6.07, 6.45) is 4.80. The van der Waals surface area contributed by atoms with Gasteiger partial charge in [-0.15, -0.1) is 0 Å². The Labute approximate surface area is 91.2 Å². The van der Waals surface area contributed by atoms with Gasteiger partial charge in [-0.2, -0.15) is 0 Å². The maximum Gasteiger partial charge on any atom is 0.236 e. The first-order chi connectivity index (χ1) is 7.13. The number of hydrogen-bond acceptors (Lipinski definition) is 3. The van der Waals surface area contributed by atoms with Crippen LogP contribution in [0.2, 0.25) is 0 Å². The summed E-state index contributed by atoms with van der Waals surface area (Å²) < 4.78 is 0. The summed E-state index contributed by atoms with van der Waals surface area (Å²) >= 11 is 0. The molecular formula is C11H22N2O2. The van der Waals surface area contributed by atoms with Gasteiger partial charge in [-0.05, 0) is 19.3 Å². The lowest BCUT2D eigenvalue weighted by Gasteiger charge is -2.15. The highest BCUT2D eigenvalue weighted by Gasteiger charge is 2.42. The maximum absolute atomic E-state index is 11.5. The van der Waals surface area contributed by atoms with E-state index < -0.39 is 0 Å². The van der Waals surface area contributed by atoms with Crippen molar-refractivity contribution in [3.8, 4) is 0 Å². The van der Waals surface area contributed by atoms with Gasteiger partial charge in [-0.3, -0.25) is 4.79 Å². The first-order valence-electron chi connectivity index (χ1n) is 5.78. The summed E-state index contributed by atoms with van der Waals surface area (Å²) in [5.74, 6) is -0.0804. The summed E-state index contributed by atoms with van der Waals surface area (Å²) in [7, 11) is 0. The van der Waals surface area contributed by atoms with Crippen LogP contribution < -0.4 is 11.1 Å². The fourth-order valence-corrected chi connectivity index (χ4v) is 1.53. The lowest BCUT2D eigenvalue weighted by atomic mass is 10.1. The fourth-order valence-electron chi connectivity index (χ4n) is 1.53. The second kappa shape index (κ2) is 5.47. The zero-order valence-corrected chi connectivity index (χ0v) is 9.46. The number of nitrogens with two attached hydrogens (primary N) is 1. The number of carbonyl (C=O) groups is 1. The van der Waals surface area contributed by atoms with Crippen LogP contribution >= 0.6 is 0 Å². The number of unbranched alkanes of at least 4 members (excludes halogenated alkanes) is 1. The SMILES string of the molecule is CCCCC(N)C(=O)NCC1(CO)CC1. The first-order valence-corrected chi connectivity index (χ1v) is 5.78. The number of rotatable bonds is 7. The Morgan fingerprint density at radius 2 is 2.27 bits per heavy atom. The standard InChI is InChI=1S/C11H22N2O2/c1-2-3-4-9(12)10(15)13-7-11(8-14)5-6-11/h9,14H,2-8,12H2,1H3,(H,13,15). The number of aliphatic hydroxyl groups excluding tert-OH is 1. The first kappa shape index (κ1) is 12.5. The van der Waals surface area contributed by atoms with Gasteiger partial charge in [0.2, 0.25) is 5.91 Å². The highest BCUT2D eigenvalue weighted by Crippen LogP contribution is 2.44. The van der Waals surface area contributed by atoms with Gasteiger partial charge in [0.15, 0.2) is 0 Å². The van der Waals surface area contributed by atoms with Crippen molar-refractivity contribution in [2.24, 2.45) is 11.1 Å². The molecular weight excluding hydrogens is 192 g/mol. The maximum atomic E-state index is 11.5. The van der Waals surface area contributed by atoms with Gasteiger partial charge in [-0.1, -0.05) is 19.8 Å². The predicted molar refractivity (Wildman–Crippen MR) is 59.3 cm³/mol. The molecule has 0 heterocycles. The van der Waals surface area contributed by atoms with Crippen molar-refractivity contribution in [1.29, 1.82) is 0 Å². The minimum Gasteiger partial charge on any atom is -0.396 e. The van der Waals surface area contributed by atoms with E-state index in [4.69, 9.17) is 10.8 Å². The molecule has 4 N–H and O–H groups in total. The average molecular weight is 214 g/mol. The van der Waals surface area contributed by atoms with E-state index in [0.29, 0.717) is 6.54 Å². The van der Waals surface area contributed by atoms with Crippen LogP contribution in [0.5, 0.6) is 0 Å². The second-order valence-corrected chi connectivity index (χ2v) is 4.62. The topological polar surface area (TPSA) is 75.4 Å². The average Bonchev–Trinajstić information content (AvgIpc) is 3.03. The lowest BCUT2D eigenvalue weighted by molar-refractivity contribution is -0.122. The van der Waals surface area contributed by atoms with Crippen LogP contribution in [-0.4, -0.2) is 30.2 Å². The number of aliphatic hydroxyl groups is 1. The van der Waals surface area contributed by atoms with Gasteiger partial charge in [0, 0.05) is 12.0 Å². The van der Waals surface area contributed by atoms with Crippen molar-refractivity contribution < 1.29 is 9.90 Å². The Bertz CT molecular complexity index is 215. The Hall–Kier alpha value is -0.610. The summed E-state index contributed by atoms with van der Waals surface area (Å²) in [5.41, 5.74) is 5.69. The van der Waals surface area contributed by atoms with Crippen molar-refractivity contribution in [3.63, 3.8) is 0 Å². The summed E-state index contributed by atoms with van der Waals surface area (Å²) in [6.45, 7) is 2.81. The summed E-state index contributed by atoms with van der Waals surface area (Å²) in [5, 5.41) is 11.9. The van der Waals surface area contributed by atoms with E-state index in [1.807, 2.05) is 0 Å². The van der Waals surface area contributed by atoms with Gasteiger partial charge in [0.05, 0.1) is 12.6 Å². The van der Waals surface area contributed by atoms with Crippen molar-refractivity contribution in [2.45, 2.75) is 45.1 Å². The highest BCUT2D eigenvalue weighted by atomic mass is 16.3. The van der Waals surface area contributed by atoms with Crippen LogP contribution in [0.1, 0.15) is 39.0 Å². The van der Waals surface area contributed by atoms with Crippen LogP contribution in [0.4, 0.5) is 0 Å². The molecule has 1 fully saturated rings. The summed E-state index contributed by atoms with van der Waals surface area (Å²) in [6, 6.07) is -0.389. The molecule has 0 aromatic carbocycles. The van der Waals surface area contributed by atoms with Crippen LogP contribution in [0.25, 0.3) is 0 Å². The van der Waals surface area contributed by atoms with E-state index in [1.165, 1.54) is 0 Å². The molecule has 4 nitrogen and oxygen atoms in total. The van der Waals surface area contributed by atoms with Crippen LogP contribution in [-0.2, 0) is 4.79 Å². The number of amides is 1. The van der Waals surface area contributed by atoms with Gasteiger partial charge in [0.25, 0.3) is 0 Å². The summed E-state index contributed by atoms with van der Waals surface area (Å²) in [4.78, 5) is 11.5. The lowest BCUT2D eigenvalue weighted by Crippen LogP contribution is -2.43. The van der Waals surface area contributed by atoms with Crippen molar-refractivity contribution in [1.82, 2.24) is 5.32 Å². The molecule has 0 saturated heterocycles. The van der Waals surface area contributed by atoms with E-state index in [2.05, 4.69) is 12.2 Å². The zero-order valence-electron chi connectivity index (χ0n) is 9.46. The third-order valence-electron chi connectivity index (χ3n) is 3.14. The smallest absolute Gasteiger partial charge is 0.236 e. The quantitative estimate of drug-likeness (QED) is 0.574. The predicted octanol–water partition coefficient (Wildman–Crippen LogP) is 0.393. The van der Waals surface area contributed by atoms with Crippen LogP contribution in [0, 0.1) is 5.41 Å². The molecule has 4 heteroatoms. The van der Waals surface area contributed by atoms with Crippen molar-refractivity contribution in [3.05, 3.63) is 0 Å². The monoisotopic (exact) mass is 214 g/mol. The molecule has 1 aliphatic rings. The number of nitrogens with one attached hydrogen (secondary N) is 1. The second-order valence-electron chi connectivity index (χ2n) is 4.62. The largest absolute Gasteiger partial charge is 0.396 e. The molecule has 0 spiro atoms. The third kappa shape index (κ3) is 3.80. The zero-order chi connectivity index (χ0) is 11.3. The molecule has 15 heavy (non-hydrogen) atoms. The molecule has 0 bridgehead atoms. The van der Waals surface area contributed by atoms with E-state index >= 15 is 0 Å². The molecule has 0 aromatic rings. The van der Waals surface area contributed by atoms with Crippen molar-refractivity contribution in [2.75, 3.05) is 13.2 Å². The van der Waals surface area contributed by atoms with Gasteiger partial charge in [-0.25, -0.2) is 0 Å². The number of hydrogen-bond donors (Lipinski definition) is 3. The van der Waals surface area contributed by atoms with E-state index in [-0.39, 0.29) is 24.0 Å². The molecule has 0 aromatic heterocycles. The molecule has 88 valence electrons. The fraction of sp³-hybridized carbons (Fsp3) is 0.909. The van der Waals surface area contributed by atoms with E-state index in [1.54, 1.807) is 0 Å². The van der Waals surface area contributed by atoms with Gasteiger partial charge in [0.1, 0.15) is 0 Å². The molecule has 1 amide bonds. The normalized spacial score (nSPS) is 19.7. The highest BCUT2D eigenvalue weighted by molar-refractivity contribution is 5.81. The molecule has 1 atom stereocenters. The third-order valence-corrected chi connectivity index (χ3v) is 3.14. The molecule has 1 unspecified atom stereocenters. The van der Waals surface area contributed by atoms with Crippen molar-refractivity contribution >= 4 is 5.91 Å². The minimum atomic E-state index is -0.389. The Morgan fingerprint density at radius 3 is 2.73 bits per heavy atom. The Balaban J connectivity index is 2.17. The number of carbonyl (C=O) groups excluding carboxylic acids is 1. The molecule has 1 saturated carbocycles. The molecule has 1 aliphatic carbocycles.